The lowest BCUT2D eigenvalue weighted by Gasteiger charge is -2.10. The summed E-state index contributed by atoms with van der Waals surface area (Å²) in [7, 11) is 1.52. The highest BCUT2D eigenvalue weighted by Gasteiger charge is 2.16. The molecule has 0 aliphatic rings. The van der Waals surface area contributed by atoms with E-state index in [-0.39, 0.29) is 29.6 Å². The first-order chi connectivity index (χ1) is 9.60. The first kappa shape index (κ1) is 14.8. The van der Waals surface area contributed by atoms with E-state index in [4.69, 9.17) is 16.3 Å². The number of methoxy groups -OCH3 is 1. The van der Waals surface area contributed by atoms with E-state index >= 15 is 0 Å². The molecule has 1 N–H and O–H groups in total. The van der Waals surface area contributed by atoms with Crippen molar-refractivity contribution in [3.05, 3.63) is 26.1 Å². The van der Waals surface area contributed by atoms with Gasteiger partial charge in [0, 0.05) is 13.7 Å². The molecule has 2 heterocycles. The Hall–Kier alpha value is -1.60. The van der Waals surface area contributed by atoms with E-state index in [1.165, 1.54) is 11.7 Å². The number of nitrogens with one attached hydrogen (secondary N) is 1. The maximum absolute atomic E-state index is 12.4. The van der Waals surface area contributed by atoms with Crippen LogP contribution in [0.5, 0.6) is 0 Å². The number of aromatic nitrogens is 4. The minimum atomic E-state index is -0.422. The van der Waals surface area contributed by atoms with Crippen molar-refractivity contribution < 1.29 is 4.74 Å². The molecule has 0 bridgehead atoms. The normalized spacial score (nSPS) is 11.3. The van der Waals surface area contributed by atoms with Gasteiger partial charge in [0.05, 0.1) is 13.2 Å². The third kappa shape index (κ3) is 2.64. The van der Waals surface area contributed by atoms with Crippen LogP contribution in [0.3, 0.4) is 0 Å². The lowest BCUT2D eigenvalue weighted by atomic mass is 10.3. The number of aryl methyl sites for hydroxylation is 1. The molecule has 0 atom stereocenters. The predicted molar refractivity (Wildman–Crippen MR) is 76.4 cm³/mol. The lowest BCUT2D eigenvalue weighted by Crippen LogP contribution is -2.41. The average molecular weight is 301 g/mol. The maximum atomic E-state index is 12.4. The van der Waals surface area contributed by atoms with Crippen LogP contribution >= 0.6 is 11.6 Å². The van der Waals surface area contributed by atoms with Gasteiger partial charge in [0.1, 0.15) is 0 Å². The van der Waals surface area contributed by atoms with Crippen molar-refractivity contribution in [2.45, 2.75) is 32.9 Å². The van der Waals surface area contributed by atoms with Gasteiger partial charge in [0.25, 0.3) is 5.56 Å². The van der Waals surface area contributed by atoms with E-state index in [1.807, 2.05) is 6.92 Å². The monoisotopic (exact) mass is 300 g/mol. The zero-order valence-electron chi connectivity index (χ0n) is 11.5. The van der Waals surface area contributed by atoms with Gasteiger partial charge in [-0.25, -0.2) is 4.79 Å². The molecule has 2 rings (SSSR count). The van der Waals surface area contributed by atoms with Gasteiger partial charge in [-0.1, -0.05) is 13.3 Å². The second kappa shape index (κ2) is 6.23. The molecule has 8 heteroatoms. The predicted octanol–water partition coefficient (Wildman–Crippen LogP) is 0.986. The zero-order chi connectivity index (χ0) is 14.7. The van der Waals surface area contributed by atoms with Gasteiger partial charge in [-0.2, -0.15) is 4.98 Å². The smallest absolute Gasteiger partial charge is 0.332 e. The fourth-order valence-corrected chi connectivity index (χ4v) is 2.21. The number of rotatable bonds is 6. The zero-order valence-corrected chi connectivity index (χ0v) is 12.2. The molecule has 0 amide bonds. The molecule has 0 fully saturated rings. The van der Waals surface area contributed by atoms with E-state index < -0.39 is 5.56 Å². The van der Waals surface area contributed by atoms with Gasteiger partial charge in [0.2, 0.25) is 5.28 Å². The van der Waals surface area contributed by atoms with Crippen LogP contribution in [0.1, 0.15) is 19.8 Å². The van der Waals surface area contributed by atoms with E-state index in [0.29, 0.717) is 12.2 Å². The molecule has 0 aromatic carbocycles. The first-order valence-electron chi connectivity index (χ1n) is 6.48. The maximum Gasteiger partial charge on any atom is 0.332 e. The van der Waals surface area contributed by atoms with Crippen molar-refractivity contribution in [2.24, 2.45) is 0 Å². The van der Waals surface area contributed by atoms with Crippen molar-refractivity contribution in [1.29, 1.82) is 0 Å². The standard InChI is InChI=1S/C12H17ClN4O3/c1-3-4-5-16-9-8(14-11(13)15-9)10(18)17(12(16)19)6-7-20-2/h3-7H2,1-2H3,(H,14,15). The highest BCUT2D eigenvalue weighted by Crippen LogP contribution is 2.10. The van der Waals surface area contributed by atoms with Crippen LogP contribution in [-0.4, -0.2) is 32.8 Å². The van der Waals surface area contributed by atoms with Gasteiger partial charge in [0.15, 0.2) is 11.2 Å². The Bertz CT molecular complexity index is 716. The summed E-state index contributed by atoms with van der Waals surface area (Å²) in [4.78, 5) is 31.4. The Morgan fingerprint density at radius 1 is 1.30 bits per heavy atom. The SMILES string of the molecule is CCCCn1c(=O)n(CCOC)c(=O)c2[nH]c(Cl)nc21. The van der Waals surface area contributed by atoms with Crippen LogP contribution in [0.4, 0.5) is 0 Å². The van der Waals surface area contributed by atoms with E-state index in [2.05, 4.69) is 9.97 Å². The second-order valence-corrected chi connectivity index (χ2v) is 4.82. The molecule has 0 saturated carbocycles. The fourth-order valence-electron chi connectivity index (χ4n) is 2.04. The Morgan fingerprint density at radius 3 is 2.70 bits per heavy atom. The highest BCUT2D eigenvalue weighted by atomic mass is 35.5. The minimum absolute atomic E-state index is 0.103. The summed E-state index contributed by atoms with van der Waals surface area (Å²) in [5.74, 6) is 0. The summed E-state index contributed by atoms with van der Waals surface area (Å²) in [6.07, 6.45) is 1.76. The van der Waals surface area contributed by atoms with Crippen LogP contribution in [0.2, 0.25) is 5.28 Å². The Morgan fingerprint density at radius 2 is 2.05 bits per heavy atom. The molecule has 7 nitrogen and oxygen atoms in total. The van der Waals surface area contributed by atoms with Crippen LogP contribution in [0, 0.1) is 0 Å². The van der Waals surface area contributed by atoms with Crippen LogP contribution in [0.25, 0.3) is 11.2 Å². The largest absolute Gasteiger partial charge is 0.383 e. The van der Waals surface area contributed by atoms with Gasteiger partial charge in [-0.15, -0.1) is 0 Å². The molecule has 0 unspecified atom stereocenters. The topological polar surface area (TPSA) is 81.9 Å². The summed E-state index contributed by atoms with van der Waals surface area (Å²) >= 11 is 5.82. The fraction of sp³-hybridized carbons (Fsp3) is 0.583. The molecule has 0 spiro atoms. The van der Waals surface area contributed by atoms with Gasteiger partial charge in [-0.3, -0.25) is 13.9 Å². The lowest BCUT2D eigenvalue weighted by molar-refractivity contribution is 0.184. The van der Waals surface area contributed by atoms with Crippen LogP contribution in [0.15, 0.2) is 9.59 Å². The number of halogens is 1. The Kier molecular flexibility index (Phi) is 4.61. The van der Waals surface area contributed by atoms with Gasteiger partial charge < -0.3 is 9.72 Å². The number of nitrogens with zero attached hydrogens (tertiary/aromatic N) is 3. The van der Waals surface area contributed by atoms with Crippen molar-refractivity contribution in [1.82, 2.24) is 19.1 Å². The first-order valence-corrected chi connectivity index (χ1v) is 6.85. The number of aromatic amines is 1. The van der Waals surface area contributed by atoms with Gasteiger partial charge >= 0.3 is 5.69 Å². The summed E-state index contributed by atoms with van der Waals surface area (Å²) in [5, 5.41) is 0.103. The third-order valence-corrected chi connectivity index (χ3v) is 3.27. The van der Waals surface area contributed by atoms with Crippen molar-refractivity contribution >= 4 is 22.8 Å². The van der Waals surface area contributed by atoms with Crippen LogP contribution in [-0.2, 0) is 17.8 Å². The molecule has 0 aliphatic carbocycles. The second-order valence-electron chi connectivity index (χ2n) is 4.46. The van der Waals surface area contributed by atoms with Gasteiger partial charge in [-0.05, 0) is 18.0 Å². The Labute approximate surface area is 120 Å². The molecular weight excluding hydrogens is 284 g/mol. The number of hydrogen-bond donors (Lipinski definition) is 1. The summed E-state index contributed by atoms with van der Waals surface area (Å²) < 4.78 is 7.57. The van der Waals surface area contributed by atoms with Crippen molar-refractivity contribution in [3.8, 4) is 0 Å². The number of hydrogen-bond acceptors (Lipinski definition) is 4. The summed E-state index contributed by atoms with van der Waals surface area (Å²) in [6.45, 7) is 3.02. The van der Waals surface area contributed by atoms with Crippen LogP contribution < -0.4 is 11.2 Å². The molecule has 2 aromatic rings. The number of unbranched alkanes of at least 4 members (excludes halogenated alkanes) is 1. The molecule has 0 aliphatic heterocycles. The minimum Gasteiger partial charge on any atom is -0.383 e. The average Bonchev–Trinajstić information content (AvgIpc) is 2.81. The highest BCUT2D eigenvalue weighted by molar-refractivity contribution is 6.28. The summed E-state index contributed by atoms with van der Waals surface area (Å²) in [5.41, 5.74) is -0.237. The number of H-pyrrole nitrogens is 1. The molecule has 0 radical (unpaired) electrons. The molecule has 110 valence electrons. The Balaban J connectivity index is 2.67. The number of ether oxygens (including phenoxy) is 1. The molecule has 20 heavy (non-hydrogen) atoms. The third-order valence-electron chi connectivity index (χ3n) is 3.09. The molecular formula is C12H17ClN4O3. The molecule has 0 saturated heterocycles. The van der Waals surface area contributed by atoms with E-state index in [0.717, 1.165) is 17.4 Å². The quantitative estimate of drug-likeness (QED) is 0.807. The summed E-state index contributed by atoms with van der Waals surface area (Å²) in [6, 6.07) is 0. The van der Waals surface area contributed by atoms with E-state index in [9.17, 15) is 9.59 Å². The van der Waals surface area contributed by atoms with E-state index in [1.54, 1.807) is 0 Å². The van der Waals surface area contributed by atoms with Crippen molar-refractivity contribution in [3.63, 3.8) is 0 Å². The van der Waals surface area contributed by atoms with Crippen molar-refractivity contribution in [2.75, 3.05) is 13.7 Å². The number of imidazole rings is 1. The number of fused-ring (bicyclic) bond motifs is 1. The molecule has 2 aromatic heterocycles.